The second-order valence-electron chi connectivity index (χ2n) is 9.26. The van der Waals surface area contributed by atoms with E-state index in [9.17, 15) is 18.0 Å². The van der Waals surface area contributed by atoms with Crippen molar-refractivity contribution in [3.8, 4) is 0 Å². The third-order valence-corrected chi connectivity index (χ3v) is 8.72. The molecule has 4 rings (SSSR count). The van der Waals surface area contributed by atoms with Crippen molar-refractivity contribution < 1.29 is 18.0 Å². The van der Waals surface area contributed by atoms with Gasteiger partial charge in [0.2, 0.25) is 21.8 Å². The molecule has 8 heteroatoms. The number of nitrogens with zero attached hydrogens (tertiary/aromatic N) is 2. The van der Waals surface area contributed by atoms with Gasteiger partial charge in [0.1, 0.15) is 5.54 Å². The molecule has 2 aliphatic rings. The largest absolute Gasteiger partial charge is 0.351 e. The standard InChI is InChI=1S/C25H31N3O4S/c1-18-10-9-15-22(19(18)2)28-23(29)16-27(33(31,32)21-13-5-4-6-14-21)17-25(28,3)24(30)26-20-11-7-8-12-20/h4-6,9-10,13-15,20H,7-8,11-12,16-17H2,1-3H3,(H,26,30)/t25-/m1/s1. The van der Waals surface area contributed by atoms with Gasteiger partial charge in [-0.15, -0.1) is 0 Å². The topological polar surface area (TPSA) is 86.8 Å². The molecule has 2 fully saturated rings. The van der Waals surface area contributed by atoms with Crippen molar-refractivity contribution in [2.45, 2.75) is 62.9 Å². The molecule has 1 N–H and O–H groups in total. The molecular weight excluding hydrogens is 438 g/mol. The van der Waals surface area contributed by atoms with E-state index in [1.54, 1.807) is 25.1 Å². The average molecular weight is 470 g/mol. The van der Waals surface area contributed by atoms with Gasteiger partial charge in [-0.2, -0.15) is 4.31 Å². The van der Waals surface area contributed by atoms with Gasteiger partial charge in [0, 0.05) is 18.3 Å². The Morgan fingerprint density at radius 2 is 1.70 bits per heavy atom. The third-order valence-electron chi connectivity index (χ3n) is 6.92. The van der Waals surface area contributed by atoms with Crippen LogP contribution in [0.3, 0.4) is 0 Å². The van der Waals surface area contributed by atoms with Gasteiger partial charge in [0.05, 0.1) is 11.4 Å². The molecule has 2 aromatic rings. The second kappa shape index (κ2) is 8.91. The summed E-state index contributed by atoms with van der Waals surface area (Å²) in [5.74, 6) is -0.741. The fourth-order valence-corrected chi connectivity index (χ4v) is 6.34. The Balaban J connectivity index is 1.77. The predicted octanol–water partition coefficient (Wildman–Crippen LogP) is 3.16. The number of anilines is 1. The molecule has 0 radical (unpaired) electrons. The first-order valence-electron chi connectivity index (χ1n) is 11.4. The van der Waals surface area contributed by atoms with Gasteiger partial charge in [0.15, 0.2) is 0 Å². The minimum Gasteiger partial charge on any atom is -0.351 e. The van der Waals surface area contributed by atoms with E-state index in [-0.39, 0.29) is 29.9 Å². The molecule has 33 heavy (non-hydrogen) atoms. The summed E-state index contributed by atoms with van der Waals surface area (Å²) in [7, 11) is -3.94. The zero-order chi connectivity index (χ0) is 23.8. The molecule has 1 saturated carbocycles. The van der Waals surface area contributed by atoms with Crippen molar-refractivity contribution in [1.29, 1.82) is 0 Å². The van der Waals surface area contributed by atoms with Crippen LogP contribution in [0.4, 0.5) is 5.69 Å². The third kappa shape index (κ3) is 4.29. The Hall–Kier alpha value is -2.71. The van der Waals surface area contributed by atoms with Gasteiger partial charge in [-0.3, -0.25) is 14.5 Å². The van der Waals surface area contributed by atoms with Gasteiger partial charge in [-0.05, 0) is 62.9 Å². The first-order chi connectivity index (χ1) is 15.6. The lowest BCUT2D eigenvalue weighted by Gasteiger charge is -2.47. The van der Waals surface area contributed by atoms with Gasteiger partial charge in [-0.1, -0.05) is 43.2 Å². The molecule has 2 amide bonds. The lowest BCUT2D eigenvalue weighted by Crippen LogP contribution is -2.70. The van der Waals surface area contributed by atoms with Crippen LogP contribution in [-0.2, 0) is 19.6 Å². The summed E-state index contributed by atoms with van der Waals surface area (Å²) in [5, 5.41) is 3.10. The highest BCUT2D eigenvalue weighted by Gasteiger charge is 2.51. The SMILES string of the molecule is Cc1cccc(N2C(=O)CN(S(=O)(=O)c3ccccc3)C[C@]2(C)C(=O)NC2CCCC2)c1C. The number of aryl methyl sites for hydroxylation is 1. The predicted molar refractivity (Wildman–Crippen MR) is 127 cm³/mol. The smallest absolute Gasteiger partial charge is 0.247 e. The summed E-state index contributed by atoms with van der Waals surface area (Å²) < 4.78 is 27.9. The van der Waals surface area contributed by atoms with Crippen molar-refractivity contribution in [3.63, 3.8) is 0 Å². The van der Waals surface area contributed by atoms with E-state index < -0.39 is 21.5 Å². The fraction of sp³-hybridized carbons (Fsp3) is 0.440. The Kier molecular flexibility index (Phi) is 6.33. The number of rotatable bonds is 5. The van der Waals surface area contributed by atoms with E-state index in [1.807, 2.05) is 32.0 Å². The zero-order valence-electron chi connectivity index (χ0n) is 19.4. The van der Waals surface area contributed by atoms with E-state index in [0.717, 1.165) is 41.1 Å². The van der Waals surface area contributed by atoms with Crippen LogP contribution in [0.5, 0.6) is 0 Å². The number of piperazine rings is 1. The Bertz CT molecular complexity index is 1160. The van der Waals surface area contributed by atoms with Crippen molar-refractivity contribution >= 4 is 27.5 Å². The molecule has 1 aliphatic heterocycles. The Morgan fingerprint density at radius 3 is 2.36 bits per heavy atom. The Morgan fingerprint density at radius 1 is 1.03 bits per heavy atom. The number of amides is 2. The fourth-order valence-electron chi connectivity index (χ4n) is 4.84. The number of carbonyl (C=O) groups excluding carboxylic acids is 2. The van der Waals surface area contributed by atoms with Crippen LogP contribution in [0.1, 0.15) is 43.7 Å². The van der Waals surface area contributed by atoms with E-state index in [1.165, 1.54) is 17.0 Å². The monoisotopic (exact) mass is 469 g/mol. The summed E-state index contributed by atoms with van der Waals surface area (Å²) in [5.41, 5.74) is 1.14. The van der Waals surface area contributed by atoms with E-state index in [4.69, 9.17) is 0 Å². The van der Waals surface area contributed by atoms with Crippen molar-refractivity contribution in [2.24, 2.45) is 0 Å². The van der Waals surface area contributed by atoms with Crippen LogP contribution in [0.25, 0.3) is 0 Å². The average Bonchev–Trinajstić information content (AvgIpc) is 3.30. The van der Waals surface area contributed by atoms with E-state index in [2.05, 4.69) is 5.32 Å². The van der Waals surface area contributed by atoms with Gasteiger partial charge in [-0.25, -0.2) is 8.42 Å². The Labute approximate surface area is 195 Å². The van der Waals surface area contributed by atoms with Gasteiger partial charge < -0.3 is 5.32 Å². The van der Waals surface area contributed by atoms with Gasteiger partial charge in [0.25, 0.3) is 0 Å². The number of sulfonamides is 1. The molecule has 0 unspecified atom stereocenters. The molecule has 7 nitrogen and oxygen atoms in total. The zero-order valence-corrected chi connectivity index (χ0v) is 20.2. The number of carbonyl (C=O) groups is 2. The molecular formula is C25H31N3O4S. The molecule has 1 aliphatic carbocycles. The summed E-state index contributed by atoms with van der Waals surface area (Å²) in [6, 6.07) is 13.7. The molecule has 0 aromatic heterocycles. The van der Waals surface area contributed by atoms with Gasteiger partial charge >= 0.3 is 0 Å². The molecule has 176 valence electrons. The number of hydrogen-bond donors (Lipinski definition) is 1. The second-order valence-corrected chi connectivity index (χ2v) is 11.2. The number of hydrogen-bond acceptors (Lipinski definition) is 4. The highest BCUT2D eigenvalue weighted by atomic mass is 32.2. The highest BCUT2D eigenvalue weighted by Crippen LogP contribution is 2.35. The van der Waals surface area contributed by atoms with Crippen LogP contribution < -0.4 is 10.2 Å². The first-order valence-corrected chi connectivity index (χ1v) is 12.8. The summed E-state index contributed by atoms with van der Waals surface area (Å²) in [4.78, 5) is 28.8. The summed E-state index contributed by atoms with van der Waals surface area (Å²) >= 11 is 0. The number of nitrogens with one attached hydrogen (secondary N) is 1. The van der Waals surface area contributed by atoms with Crippen LogP contribution in [0.15, 0.2) is 53.4 Å². The van der Waals surface area contributed by atoms with Crippen LogP contribution in [-0.4, -0.2) is 49.2 Å². The van der Waals surface area contributed by atoms with Crippen LogP contribution in [0.2, 0.25) is 0 Å². The van der Waals surface area contributed by atoms with Crippen molar-refractivity contribution in [2.75, 3.05) is 18.0 Å². The molecule has 1 saturated heterocycles. The lowest BCUT2D eigenvalue weighted by molar-refractivity contribution is -0.133. The van der Waals surface area contributed by atoms with Crippen LogP contribution in [0, 0.1) is 13.8 Å². The van der Waals surface area contributed by atoms with Crippen LogP contribution >= 0.6 is 0 Å². The van der Waals surface area contributed by atoms with Crippen molar-refractivity contribution in [3.05, 3.63) is 59.7 Å². The maximum Gasteiger partial charge on any atom is 0.247 e. The maximum atomic E-state index is 13.7. The molecule has 0 bridgehead atoms. The van der Waals surface area contributed by atoms with E-state index >= 15 is 0 Å². The summed E-state index contributed by atoms with van der Waals surface area (Å²) in [6.07, 6.45) is 3.89. The minimum absolute atomic E-state index is 0.0472. The first kappa shape index (κ1) is 23.4. The molecule has 0 spiro atoms. The normalized spacial score (nSPS) is 22.5. The lowest BCUT2D eigenvalue weighted by atomic mass is 9.92. The highest BCUT2D eigenvalue weighted by molar-refractivity contribution is 7.89. The maximum absolute atomic E-state index is 13.7. The molecule has 1 heterocycles. The number of benzene rings is 2. The molecule has 2 aromatic carbocycles. The molecule has 1 atom stereocenters. The summed E-state index contributed by atoms with van der Waals surface area (Å²) in [6.45, 7) is 5.10. The van der Waals surface area contributed by atoms with E-state index in [0.29, 0.717) is 5.69 Å². The van der Waals surface area contributed by atoms with Crippen molar-refractivity contribution in [1.82, 2.24) is 9.62 Å². The minimum atomic E-state index is -3.94. The quantitative estimate of drug-likeness (QED) is 0.729.